The fourth-order valence-electron chi connectivity index (χ4n) is 1.24. The Labute approximate surface area is 98.7 Å². The Kier molecular flexibility index (Phi) is 4.96. The van der Waals surface area contributed by atoms with Crippen LogP contribution < -0.4 is 5.32 Å². The fraction of sp³-hybridized carbons (Fsp3) is 0.455. The van der Waals surface area contributed by atoms with Gasteiger partial charge in [-0.3, -0.25) is 0 Å². The number of nitrogens with one attached hydrogen (secondary N) is 1. The van der Waals surface area contributed by atoms with Crippen LogP contribution in [0.25, 0.3) is 0 Å². The van der Waals surface area contributed by atoms with Crippen molar-refractivity contribution in [2.75, 3.05) is 0 Å². The smallest absolute Gasteiger partial charge is 0.365 e. The summed E-state index contributed by atoms with van der Waals surface area (Å²) in [6.45, 7) is 2.61. The Morgan fingerprint density at radius 3 is 3.06 bits per heavy atom. The first-order chi connectivity index (χ1) is 7.67. The summed E-state index contributed by atoms with van der Waals surface area (Å²) in [5, 5.41) is 13.8. The molecule has 1 aromatic rings. The van der Waals surface area contributed by atoms with Gasteiger partial charge in [0, 0.05) is 24.4 Å². The summed E-state index contributed by atoms with van der Waals surface area (Å²) in [5.74, 6) is 1.62. The van der Waals surface area contributed by atoms with E-state index in [9.17, 15) is 4.79 Å². The normalized spacial score (nSPS) is 12.0. The predicted octanol–water partition coefficient (Wildman–Crippen LogP) is 1.73. The molecule has 0 saturated carbocycles. The number of aromatic carboxylic acids is 1. The number of aromatic nitrogens is 1. The van der Waals surface area contributed by atoms with Crippen molar-refractivity contribution in [2.45, 2.75) is 32.4 Å². The van der Waals surface area contributed by atoms with Crippen molar-refractivity contribution in [1.82, 2.24) is 10.3 Å². The van der Waals surface area contributed by atoms with Crippen molar-refractivity contribution in [2.24, 2.45) is 0 Å². The molecule has 0 aromatic carbocycles. The molecule has 2 N–H and O–H groups in total. The van der Waals surface area contributed by atoms with Crippen LogP contribution >= 0.6 is 11.3 Å². The number of thiazole rings is 1. The zero-order valence-electron chi connectivity index (χ0n) is 9.06. The van der Waals surface area contributed by atoms with Gasteiger partial charge in [0.2, 0.25) is 5.01 Å². The molecule has 1 aromatic heterocycles. The van der Waals surface area contributed by atoms with Crippen LogP contribution in [-0.2, 0) is 6.54 Å². The Hall–Kier alpha value is -1.38. The zero-order chi connectivity index (χ0) is 12.0. The first kappa shape index (κ1) is 12.7. The molecule has 16 heavy (non-hydrogen) atoms. The Morgan fingerprint density at radius 2 is 2.56 bits per heavy atom. The van der Waals surface area contributed by atoms with E-state index >= 15 is 0 Å². The maximum atomic E-state index is 10.6. The van der Waals surface area contributed by atoms with Crippen molar-refractivity contribution in [3.63, 3.8) is 0 Å². The third-order valence-electron chi connectivity index (χ3n) is 2.16. The summed E-state index contributed by atoms with van der Waals surface area (Å²) in [6.07, 6.45) is 6.85. The molecule has 0 fully saturated rings. The first-order valence-electron chi connectivity index (χ1n) is 5.02. The molecular formula is C11H14N2O2S. The molecule has 86 valence electrons. The summed E-state index contributed by atoms with van der Waals surface area (Å²) in [7, 11) is 0. The van der Waals surface area contributed by atoms with Gasteiger partial charge in [0.15, 0.2) is 0 Å². The van der Waals surface area contributed by atoms with Crippen molar-refractivity contribution in [3.05, 3.63) is 16.1 Å². The maximum Gasteiger partial charge on any atom is 0.365 e. The highest BCUT2D eigenvalue weighted by molar-refractivity contribution is 7.11. The molecule has 4 nitrogen and oxygen atoms in total. The lowest BCUT2D eigenvalue weighted by atomic mass is 10.1. The lowest BCUT2D eigenvalue weighted by molar-refractivity contribution is 0.0696. The van der Waals surface area contributed by atoms with E-state index < -0.39 is 5.97 Å². The molecule has 0 aliphatic carbocycles. The molecule has 1 unspecified atom stereocenters. The Bertz CT molecular complexity index is 395. The van der Waals surface area contributed by atoms with Gasteiger partial charge in [-0.1, -0.05) is 6.92 Å². The van der Waals surface area contributed by atoms with E-state index in [1.807, 2.05) is 0 Å². The standard InChI is InChI=1S/C11H14N2O2S/c1-3-5-8(4-2)12-6-9-7-16-10(13-9)11(14)15/h1,7-8,12H,4-6H2,2H3,(H,14,15). The van der Waals surface area contributed by atoms with Gasteiger partial charge in [-0.05, 0) is 6.42 Å². The fourth-order valence-corrected chi connectivity index (χ4v) is 1.89. The molecule has 5 heteroatoms. The molecule has 0 spiro atoms. The van der Waals surface area contributed by atoms with Crippen LogP contribution in [0.3, 0.4) is 0 Å². The van der Waals surface area contributed by atoms with Crippen LogP contribution in [0, 0.1) is 12.3 Å². The molecule has 1 heterocycles. The second kappa shape index (κ2) is 6.26. The van der Waals surface area contributed by atoms with Gasteiger partial charge < -0.3 is 10.4 Å². The quantitative estimate of drug-likeness (QED) is 0.741. The van der Waals surface area contributed by atoms with Crippen LogP contribution in [0.5, 0.6) is 0 Å². The molecule has 1 rings (SSSR count). The number of carboxylic acids is 1. The molecule has 0 bridgehead atoms. The van der Waals surface area contributed by atoms with Gasteiger partial charge in [0.1, 0.15) is 0 Å². The average molecular weight is 238 g/mol. The van der Waals surface area contributed by atoms with E-state index in [0.717, 1.165) is 23.5 Å². The SMILES string of the molecule is C#CCC(CC)NCc1csc(C(=O)O)n1. The molecular weight excluding hydrogens is 224 g/mol. The summed E-state index contributed by atoms with van der Waals surface area (Å²) >= 11 is 1.14. The van der Waals surface area contributed by atoms with E-state index in [2.05, 4.69) is 23.1 Å². The number of terminal acetylenes is 1. The minimum Gasteiger partial charge on any atom is -0.476 e. The van der Waals surface area contributed by atoms with Crippen molar-refractivity contribution >= 4 is 17.3 Å². The summed E-state index contributed by atoms with van der Waals surface area (Å²) in [6, 6.07) is 0.264. The highest BCUT2D eigenvalue weighted by atomic mass is 32.1. The van der Waals surface area contributed by atoms with E-state index in [1.165, 1.54) is 0 Å². The molecule has 0 aliphatic heterocycles. The van der Waals surface area contributed by atoms with Crippen LogP contribution in [0.1, 0.15) is 35.3 Å². The third-order valence-corrected chi connectivity index (χ3v) is 3.04. The molecule has 0 aliphatic rings. The number of carbonyl (C=O) groups is 1. The van der Waals surface area contributed by atoms with E-state index in [4.69, 9.17) is 11.5 Å². The number of hydrogen-bond acceptors (Lipinski definition) is 4. The van der Waals surface area contributed by atoms with E-state index in [0.29, 0.717) is 13.0 Å². The van der Waals surface area contributed by atoms with E-state index in [-0.39, 0.29) is 11.0 Å². The predicted molar refractivity (Wildman–Crippen MR) is 63.4 cm³/mol. The minimum absolute atomic E-state index is 0.127. The van der Waals surface area contributed by atoms with Gasteiger partial charge in [-0.25, -0.2) is 9.78 Å². The molecule has 0 amide bonds. The number of nitrogens with zero attached hydrogens (tertiary/aromatic N) is 1. The second-order valence-corrected chi connectivity index (χ2v) is 4.20. The number of rotatable bonds is 6. The number of hydrogen-bond donors (Lipinski definition) is 2. The summed E-state index contributed by atoms with van der Waals surface area (Å²) < 4.78 is 0. The van der Waals surface area contributed by atoms with Crippen LogP contribution in [0.4, 0.5) is 0 Å². The first-order valence-corrected chi connectivity index (χ1v) is 5.89. The van der Waals surface area contributed by atoms with Crippen LogP contribution in [0.2, 0.25) is 0 Å². The monoisotopic (exact) mass is 238 g/mol. The van der Waals surface area contributed by atoms with Crippen molar-refractivity contribution in [3.8, 4) is 12.3 Å². The zero-order valence-corrected chi connectivity index (χ0v) is 9.88. The largest absolute Gasteiger partial charge is 0.476 e. The van der Waals surface area contributed by atoms with Crippen molar-refractivity contribution in [1.29, 1.82) is 0 Å². The summed E-state index contributed by atoms with van der Waals surface area (Å²) in [5.41, 5.74) is 0.748. The molecule has 0 saturated heterocycles. The summed E-state index contributed by atoms with van der Waals surface area (Å²) in [4.78, 5) is 14.6. The van der Waals surface area contributed by atoms with Gasteiger partial charge in [0.05, 0.1) is 5.69 Å². The highest BCUT2D eigenvalue weighted by Gasteiger charge is 2.10. The van der Waals surface area contributed by atoms with E-state index in [1.54, 1.807) is 5.38 Å². The Balaban J connectivity index is 2.47. The van der Waals surface area contributed by atoms with Gasteiger partial charge in [0.25, 0.3) is 0 Å². The molecule has 1 atom stereocenters. The maximum absolute atomic E-state index is 10.6. The second-order valence-electron chi connectivity index (χ2n) is 3.34. The lowest BCUT2D eigenvalue weighted by Gasteiger charge is -2.12. The Morgan fingerprint density at radius 1 is 1.81 bits per heavy atom. The van der Waals surface area contributed by atoms with Crippen LogP contribution in [0.15, 0.2) is 5.38 Å². The van der Waals surface area contributed by atoms with Gasteiger partial charge in [-0.2, -0.15) is 0 Å². The third kappa shape index (κ3) is 3.65. The van der Waals surface area contributed by atoms with Gasteiger partial charge in [-0.15, -0.1) is 23.7 Å². The van der Waals surface area contributed by atoms with Gasteiger partial charge >= 0.3 is 5.97 Å². The van der Waals surface area contributed by atoms with Crippen LogP contribution in [-0.4, -0.2) is 22.1 Å². The number of carboxylic acid groups (broad SMARTS) is 1. The minimum atomic E-state index is -0.980. The highest BCUT2D eigenvalue weighted by Crippen LogP contribution is 2.10. The average Bonchev–Trinajstić information content (AvgIpc) is 2.73. The molecule has 0 radical (unpaired) electrons. The topological polar surface area (TPSA) is 62.2 Å². The lowest BCUT2D eigenvalue weighted by Crippen LogP contribution is -2.27. The van der Waals surface area contributed by atoms with Crippen molar-refractivity contribution < 1.29 is 9.90 Å².